The number of ether oxygens (including phenoxy) is 5. The maximum Gasteiger partial charge on any atom is 0.303 e. The zero-order valence-corrected chi connectivity index (χ0v) is 36.5. The number of ketones is 1. The molecular formula is C46H70O11. The van der Waals surface area contributed by atoms with E-state index in [9.17, 15) is 29.1 Å². The van der Waals surface area contributed by atoms with Crippen molar-refractivity contribution >= 4 is 29.7 Å². The molecule has 6 rings (SSSR count). The van der Waals surface area contributed by atoms with Crippen LogP contribution >= 0.6 is 0 Å². The number of esters is 4. The second-order valence-corrected chi connectivity index (χ2v) is 21.2. The summed E-state index contributed by atoms with van der Waals surface area (Å²) in [5, 5.41) is 12.4. The normalized spacial score (nSPS) is 42.4. The number of aliphatic hydroxyl groups is 1. The van der Waals surface area contributed by atoms with Crippen molar-refractivity contribution in [2.24, 2.45) is 50.2 Å². The lowest BCUT2D eigenvalue weighted by atomic mass is 9.33. The maximum atomic E-state index is 13.2. The van der Waals surface area contributed by atoms with Gasteiger partial charge in [-0.2, -0.15) is 0 Å². The molecule has 11 heteroatoms. The summed E-state index contributed by atoms with van der Waals surface area (Å²) in [6.45, 7) is 21.0. The van der Waals surface area contributed by atoms with Crippen molar-refractivity contribution in [3.8, 4) is 0 Å². The fourth-order valence-electron chi connectivity index (χ4n) is 14.0. The third-order valence-corrected chi connectivity index (χ3v) is 16.9. The summed E-state index contributed by atoms with van der Waals surface area (Å²) in [6, 6.07) is 0. The molecular weight excluding hydrogens is 728 g/mol. The molecule has 11 nitrogen and oxygen atoms in total. The topological polar surface area (TPSA) is 152 Å². The summed E-state index contributed by atoms with van der Waals surface area (Å²) >= 11 is 0. The van der Waals surface area contributed by atoms with Gasteiger partial charge in [0.1, 0.15) is 18.5 Å². The molecule has 0 aromatic carbocycles. The molecule has 0 spiro atoms. The van der Waals surface area contributed by atoms with E-state index in [1.165, 1.54) is 33.3 Å². The van der Waals surface area contributed by atoms with E-state index in [1.54, 1.807) is 0 Å². The SMILES string of the molecule is CC(=O)OCC1OCC(C[C@H](O)C[C@]23CCC(C)(C)CC2C2=CCC4[C@@]5(C)CCC(=O)C(C)(C)C5CC[C@@]4(C)[C@]2(C)CC3)(OC(C)=O)C(OC(C)=O)[C@@H]1OC(C)=O. The van der Waals surface area contributed by atoms with E-state index in [2.05, 4.69) is 54.5 Å². The average Bonchev–Trinajstić information content (AvgIpc) is 3.08. The van der Waals surface area contributed by atoms with Gasteiger partial charge in [-0.1, -0.05) is 60.1 Å². The first-order chi connectivity index (χ1) is 26.3. The molecule has 5 aliphatic carbocycles. The van der Waals surface area contributed by atoms with E-state index in [0.29, 0.717) is 30.5 Å². The molecule has 5 fully saturated rings. The lowest BCUT2D eigenvalue weighted by Gasteiger charge is -2.71. The van der Waals surface area contributed by atoms with E-state index in [-0.39, 0.29) is 58.0 Å². The van der Waals surface area contributed by atoms with Crippen LogP contribution in [0.2, 0.25) is 0 Å². The van der Waals surface area contributed by atoms with Crippen molar-refractivity contribution < 1.29 is 52.8 Å². The Kier molecular flexibility index (Phi) is 11.6. The van der Waals surface area contributed by atoms with Gasteiger partial charge in [0.15, 0.2) is 17.8 Å². The minimum absolute atomic E-state index is 0.0349. The molecule has 0 bridgehead atoms. The Morgan fingerprint density at radius 3 is 2.12 bits per heavy atom. The Bertz CT molecular complexity index is 1660. The summed E-state index contributed by atoms with van der Waals surface area (Å²) in [5.41, 5.74) is -0.466. The van der Waals surface area contributed by atoms with Crippen LogP contribution in [0.1, 0.15) is 153 Å². The Hall–Kier alpha value is -2.79. The van der Waals surface area contributed by atoms with Crippen molar-refractivity contribution in [2.75, 3.05) is 13.2 Å². The van der Waals surface area contributed by atoms with Gasteiger partial charge in [0, 0.05) is 46.0 Å². The Balaban J connectivity index is 1.34. The number of fused-ring (bicyclic) bond motifs is 7. The van der Waals surface area contributed by atoms with Gasteiger partial charge in [0.2, 0.25) is 0 Å². The summed E-state index contributed by atoms with van der Waals surface area (Å²) < 4.78 is 28.9. The lowest BCUT2D eigenvalue weighted by molar-refractivity contribution is -0.268. The van der Waals surface area contributed by atoms with E-state index >= 15 is 0 Å². The molecule has 1 heterocycles. The van der Waals surface area contributed by atoms with Gasteiger partial charge in [-0.15, -0.1) is 0 Å². The fourth-order valence-corrected chi connectivity index (χ4v) is 14.0. The Morgan fingerprint density at radius 1 is 0.825 bits per heavy atom. The number of carbonyl (C=O) groups excluding carboxylic acids is 5. The third kappa shape index (κ3) is 7.52. The van der Waals surface area contributed by atoms with Crippen molar-refractivity contribution in [2.45, 2.75) is 183 Å². The maximum absolute atomic E-state index is 13.2. The first-order valence-corrected chi connectivity index (χ1v) is 21.6. The second kappa shape index (κ2) is 15.0. The number of aliphatic hydroxyl groups excluding tert-OH is 1. The highest BCUT2D eigenvalue weighted by molar-refractivity contribution is 5.85. The molecule has 4 saturated carbocycles. The van der Waals surface area contributed by atoms with Crippen LogP contribution in [0.25, 0.3) is 0 Å². The van der Waals surface area contributed by atoms with Crippen LogP contribution in [0.15, 0.2) is 11.6 Å². The first kappa shape index (κ1) is 43.8. The van der Waals surface area contributed by atoms with Gasteiger partial charge < -0.3 is 28.8 Å². The van der Waals surface area contributed by atoms with Crippen LogP contribution in [0.4, 0.5) is 0 Å². The highest BCUT2D eigenvalue weighted by atomic mass is 16.7. The second-order valence-electron chi connectivity index (χ2n) is 21.2. The van der Waals surface area contributed by atoms with Crippen LogP contribution in [0.3, 0.4) is 0 Å². The van der Waals surface area contributed by atoms with Gasteiger partial charge >= 0.3 is 23.9 Å². The number of hydrogen-bond acceptors (Lipinski definition) is 11. The molecule has 12 atom stereocenters. The Morgan fingerprint density at radius 2 is 1.49 bits per heavy atom. The number of allylic oxidation sites excluding steroid dienone is 2. The van der Waals surface area contributed by atoms with E-state index in [0.717, 1.165) is 57.8 Å². The predicted molar refractivity (Wildman–Crippen MR) is 211 cm³/mol. The van der Waals surface area contributed by atoms with Gasteiger partial charge in [-0.3, -0.25) is 24.0 Å². The minimum Gasteiger partial charge on any atom is -0.463 e. The zero-order chi connectivity index (χ0) is 42.1. The number of Topliss-reactive ketones (excluding diaryl/α,β-unsaturated/α-hetero) is 1. The molecule has 1 saturated heterocycles. The standard InChI is InChI=1S/C46H70O11/c1-27(47)53-25-34-38(55-28(2)48)39(56-29(3)49)46(26-54-34,57-30(4)50)23-31(51)22-45-20-18-40(5,6)24-33(45)32-12-13-36-42(9)16-15-37(52)41(7,8)35(42)14-17-44(36,11)43(32,10)19-21-45/h12,31,33-36,38-39,51H,13-26H2,1-11H3/t31-,33?,34?,35?,36?,38-,39?,42+,43-,44-,45-,46?/m1/s1. The zero-order valence-electron chi connectivity index (χ0n) is 36.5. The van der Waals surface area contributed by atoms with Gasteiger partial charge in [-0.05, 0) is 109 Å². The highest BCUT2D eigenvalue weighted by Gasteiger charge is 2.69. The fraction of sp³-hybridized carbons (Fsp3) is 0.848. The molecule has 6 aliphatic rings. The summed E-state index contributed by atoms with van der Waals surface area (Å²) in [4.78, 5) is 62.9. The van der Waals surface area contributed by atoms with Gasteiger partial charge in [0.05, 0.1) is 12.7 Å². The molecule has 1 N–H and O–H groups in total. The summed E-state index contributed by atoms with van der Waals surface area (Å²) in [6.07, 6.45) is 7.96. The molecule has 57 heavy (non-hydrogen) atoms. The first-order valence-electron chi connectivity index (χ1n) is 21.6. The van der Waals surface area contributed by atoms with Crippen molar-refractivity contribution in [1.29, 1.82) is 0 Å². The molecule has 320 valence electrons. The minimum atomic E-state index is -1.69. The summed E-state index contributed by atoms with van der Waals surface area (Å²) in [7, 11) is 0. The number of hydrogen-bond donors (Lipinski definition) is 1. The molecule has 0 aromatic heterocycles. The summed E-state index contributed by atoms with van der Waals surface area (Å²) in [5.74, 6) is -1.13. The van der Waals surface area contributed by atoms with Crippen molar-refractivity contribution in [1.82, 2.24) is 0 Å². The van der Waals surface area contributed by atoms with Crippen molar-refractivity contribution in [3.63, 3.8) is 0 Å². The highest BCUT2D eigenvalue weighted by Crippen LogP contribution is 2.76. The van der Waals surface area contributed by atoms with E-state index in [4.69, 9.17) is 23.7 Å². The quantitative estimate of drug-likeness (QED) is 0.139. The van der Waals surface area contributed by atoms with E-state index in [1.807, 2.05) is 0 Å². The van der Waals surface area contributed by atoms with Gasteiger partial charge in [-0.25, -0.2) is 0 Å². The monoisotopic (exact) mass is 798 g/mol. The van der Waals surface area contributed by atoms with Crippen LogP contribution in [0.5, 0.6) is 0 Å². The Labute approximate surface area is 340 Å². The molecule has 0 aromatic rings. The largest absolute Gasteiger partial charge is 0.463 e. The molecule has 1 aliphatic heterocycles. The van der Waals surface area contributed by atoms with E-state index < -0.39 is 53.9 Å². The third-order valence-electron chi connectivity index (χ3n) is 16.9. The van der Waals surface area contributed by atoms with Crippen LogP contribution in [-0.4, -0.2) is 78.0 Å². The molecule has 0 amide bonds. The van der Waals surface area contributed by atoms with Crippen LogP contribution < -0.4 is 0 Å². The molecule has 0 radical (unpaired) electrons. The number of carbonyl (C=O) groups is 5. The van der Waals surface area contributed by atoms with Crippen molar-refractivity contribution in [3.05, 3.63) is 11.6 Å². The smallest absolute Gasteiger partial charge is 0.303 e. The van der Waals surface area contributed by atoms with Crippen LogP contribution in [0, 0.1) is 50.2 Å². The van der Waals surface area contributed by atoms with Crippen LogP contribution in [-0.2, 0) is 47.7 Å². The predicted octanol–water partition coefficient (Wildman–Crippen LogP) is 7.63. The number of rotatable bonds is 9. The molecule has 6 unspecified atom stereocenters. The van der Waals surface area contributed by atoms with Gasteiger partial charge in [0.25, 0.3) is 0 Å². The lowest BCUT2D eigenvalue weighted by Crippen LogP contribution is -2.67. The average molecular weight is 799 g/mol.